The summed E-state index contributed by atoms with van der Waals surface area (Å²) in [5, 5.41) is 10.2. The van der Waals surface area contributed by atoms with E-state index in [0.717, 1.165) is 0 Å². The van der Waals surface area contributed by atoms with Crippen LogP contribution in [0, 0.1) is 10.1 Å². The van der Waals surface area contributed by atoms with E-state index in [1.54, 1.807) is 0 Å². The van der Waals surface area contributed by atoms with Crippen molar-refractivity contribution in [2.75, 3.05) is 11.6 Å². The van der Waals surface area contributed by atoms with Crippen molar-refractivity contribution in [3.05, 3.63) is 20.4 Å². The maximum atomic E-state index is 10.5. The molecule has 0 aliphatic carbocycles. The van der Waals surface area contributed by atoms with Gasteiger partial charge in [-0.15, -0.1) is 11.6 Å². The van der Waals surface area contributed by atoms with E-state index in [4.69, 9.17) is 34.8 Å². The summed E-state index contributed by atoms with van der Waals surface area (Å²) in [6, 6.07) is 0. The molecule has 0 atom stereocenters. The zero-order valence-corrected chi connectivity index (χ0v) is 10.2. The summed E-state index contributed by atoms with van der Waals surface area (Å²) >= 11 is 17.9. The van der Waals surface area contributed by atoms with Gasteiger partial charge in [-0.2, -0.15) is 0 Å². The molecule has 0 aliphatic heterocycles. The van der Waals surface area contributed by atoms with Crippen molar-refractivity contribution in [1.82, 2.24) is 9.97 Å². The van der Waals surface area contributed by atoms with Crippen molar-refractivity contribution in [3.8, 4) is 0 Å². The fourth-order valence-corrected chi connectivity index (χ4v) is 2.16. The normalized spacial score (nSPS) is 10.3. The molecule has 5 nitrogen and oxygen atoms in total. The highest BCUT2D eigenvalue weighted by molar-refractivity contribution is 7.99. The van der Waals surface area contributed by atoms with Crippen molar-refractivity contribution in [2.45, 2.75) is 5.16 Å². The number of thioether (sulfide) groups is 1. The first-order valence-electron chi connectivity index (χ1n) is 3.62. The van der Waals surface area contributed by atoms with E-state index >= 15 is 0 Å². The first kappa shape index (κ1) is 12.8. The molecule has 0 aliphatic rings. The number of alkyl halides is 1. The lowest BCUT2D eigenvalue weighted by Gasteiger charge is -2.00. The predicted molar refractivity (Wildman–Crippen MR) is 60.2 cm³/mol. The van der Waals surface area contributed by atoms with Gasteiger partial charge in [0.2, 0.25) is 10.3 Å². The Bertz CT molecular complexity index is 367. The highest BCUT2D eigenvalue weighted by Gasteiger charge is 2.22. The molecule has 0 spiro atoms. The smallest absolute Gasteiger partial charge is 0.258 e. The number of hydrogen-bond acceptors (Lipinski definition) is 5. The van der Waals surface area contributed by atoms with Gasteiger partial charge in [0.25, 0.3) is 0 Å². The number of rotatable bonds is 4. The number of hydrogen-bond donors (Lipinski definition) is 0. The second kappa shape index (κ2) is 5.69. The molecule has 1 aromatic heterocycles. The average Bonchev–Trinajstić information content (AvgIpc) is 2.12. The molecular formula is C6H4Cl3N3O2S. The van der Waals surface area contributed by atoms with Crippen LogP contribution in [0.2, 0.25) is 10.3 Å². The topological polar surface area (TPSA) is 68.9 Å². The molecule has 0 radical (unpaired) electrons. The summed E-state index contributed by atoms with van der Waals surface area (Å²) in [7, 11) is 0. The fraction of sp³-hybridized carbons (Fsp3) is 0.333. The number of nitrogens with zero attached hydrogens (tertiary/aromatic N) is 3. The monoisotopic (exact) mass is 287 g/mol. The van der Waals surface area contributed by atoms with Crippen LogP contribution in [0.15, 0.2) is 5.16 Å². The Kier molecular flexibility index (Phi) is 4.85. The predicted octanol–water partition coefficient (Wildman–Crippen LogP) is 3.02. The minimum atomic E-state index is -0.722. The summed E-state index contributed by atoms with van der Waals surface area (Å²) in [6.07, 6.45) is 0. The molecule has 15 heavy (non-hydrogen) atoms. The van der Waals surface area contributed by atoms with E-state index in [1.807, 2.05) is 0 Å². The van der Waals surface area contributed by atoms with Crippen LogP contribution in [0.25, 0.3) is 0 Å². The summed E-state index contributed by atoms with van der Waals surface area (Å²) in [4.78, 5) is 17.2. The molecular weight excluding hydrogens is 285 g/mol. The molecule has 0 bridgehead atoms. The van der Waals surface area contributed by atoms with Crippen molar-refractivity contribution in [2.24, 2.45) is 0 Å². The van der Waals surface area contributed by atoms with Crippen molar-refractivity contribution >= 4 is 52.3 Å². The van der Waals surface area contributed by atoms with E-state index in [2.05, 4.69) is 9.97 Å². The lowest BCUT2D eigenvalue weighted by molar-refractivity contribution is -0.385. The second-order valence-electron chi connectivity index (χ2n) is 2.23. The second-order valence-corrected chi connectivity index (χ2v) is 4.39. The van der Waals surface area contributed by atoms with Crippen molar-refractivity contribution in [3.63, 3.8) is 0 Å². The van der Waals surface area contributed by atoms with Crippen LogP contribution in [0.1, 0.15) is 0 Å². The standard InChI is InChI=1S/C6H4Cl3N3O2S/c7-1-2-15-6-10-4(8)3(12(13)14)5(9)11-6/h1-2H2. The minimum Gasteiger partial charge on any atom is -0.258 e. The molecule has 0 fully saturated rings. The molecule has 0 aromatic carbocycles. The lowest BCUT2D eigenvalue weighted by Crippen LogP contribution is -1.97. The maximum Gasteiger partial charge on any atom is 0.343 e. The molecule has 0 amide bonds. The zero-order valence-electron chi connectivity index (χ0n) is 7.11. The fourth-order valence-electron chi connectivity index (χ4n) is 0.729. The quantitative estimate of drug-likeness (QED) is 0.213. The zero-order chi connectivity index (χ0) is 11.4. The molecule has 1 aromatic rings. The minimum absolute atomic E-state index is 0.267. The van der Waals surface area contributed by atoms with Gasteiger partial charge in [0.1, 0.15) is 0 Å². The Morgan fingerprint density at radius 1 is 1.33 bits per heavy atom. The molecule has 82 valence electrons. The first-order valence-corrected chi connectivity index (χ1v) is 5.90. The largest absolute Gasteiger partial charge is 0.343 e. The lowest BCUT2D eigenvalue weighted by atomic mass is 10.5. The van der Waals surface area contributed by atoms with Crippen LogP contribution in [0.5, 0.6) is 0 Å². The van der Waals surface area contributed by atoms with Gasteiger partial charge in [-0.3, -0.25) is 10.1 Å². The third-order valence-electron chi connectivity index (χ3n) is 1.27. The third kappa shape index (κ3) is 3.34. The Balaban J connectivity index is 3.03. The summed E-state index contributed by atoms with van der Waals surface area (Å²) in [5.41, 5.74) is -0.478. The van der Waals surface area contributed by atoms with Gasteiger partial charge in [-0.25, -0.2) is 9.97 Å². The van der Waals surface area contributed by atoms with Crippen molar-refractivity contribution in [1.29, 1.82) is 0 Å². The van der Waals surface area contributed by atoms with E-state index in [1.165, 1.54) is 11.8 Å². The Labute approximate surface area is 104 Å². The SMILES string of the molecule is O=[N+]([O-])c1c(Cl)nc(SCCCl)nc1Cl. The van der Waals surface area contributed by atoms with Gasteiger partial charge in [-0.05, 0) is 0 Å². The van der Waals surface area contributed by atoms with Gasteiger partial charge in [0.15, 0.2) is 5.16 Å². The van der Waals surface area contributed by atoms with E-state index < -0.39 is 10.6 Å². The van der Waals surface area contributed by atoms with Crippen LogP contribution in [-0.2, 0) is 0 Å². The van der Waals surface area contributed by atoms with E-state index in [0.29, 0.717) is 11.6 Å². The van der Waals surface area contributed by atoms with Crippen LogP contribution < -0.4 is 0 Å². The van der Waals surface area contributed by atoms with Gasteiger partial charge in [0, 0.05) is 11.6 Å². The average molecular weight is 289 g/mol. The van der Waals surface area contributed by atoms with Gasteiger partial charge in [0.05, 0.1) is 4.92 Å². The van der Waals surface area contributed by atoms with Crippen LogP contribution in [0.3, 0.4) is 0 Å². The highest BCUT2D eigenvalue weighted by Crippen LogP contribution is 2.31. The molecule has 1 rings (SSSR count). The van der Waals surface area contributed by atoms with Crippen molar-refractivity contribution < 1.29 is 4.92 Å². The number of halogens is 3. The van der Waals surface area contributed by atoms with Crippen LogP contribution >= 0.6 is 46.6 Å². The number of aromatic nitrogens is 2. The molecule has 0 saturated heterocycles. The van der Waals surface area contributed by atoms with E-state index in [9.17, 15) is 10.1 Å². The summed E-state index contributed by atoms with van der Waals surface area (Å²) in [6.45, 7) is 0. The highest BCUT2D eigenvalue weighted by atomic mass is 35.5. The molecule has 0 unspecified atom stereocenters. The molecule has 0 saturated carbocycles. The van der Waals surface area contributed by atoms with Crippen LogP contribution in [-0.4, -0.2) is 26.5 Å². The van der Waals surface area contributed by atoms with Gasteiger partial charge < -0.3 is 0 Å². The first-order chi connectivity index (χ1) is 7.06. The molecule has 0 N–H and O–H groups in total. The van der Waals surface area contributed by atoms with Crippen LogP contribution in [0.4, 0.5) is 5.69 Å². The van der Waals surface area contributed by atoms with E-state index in [-0.39, 0.29) is 15.5 Å². The van der Waals surface area contributed by atoms with Gasteiger partial charge in [-0.1, -0.05) is 35.0 Å². The summed E-state index contributed by atoms with van der Waals surface area (Å²) < 4.78 is 0. The third-order valence-corrected chi connectivity index (χ3v) is 3.06. The Morgan fingerprint density at radius 3 is 2.27 bits per heavy atom. The summed E-state index contributed by atoms with van der Waals surface area (Å²) in [5.74, 6) is 0.992. The Morgan fingerprint density at radius 2 is 1.87 bits per heavy atom. The van der Waals surface area contributed by atoms with Gasteiger partial charge >= 0.3 is 5.69 Å². The number of nitro groups is 1. The Hall–Kier alpha value is -0.300. The molecule has 1 heterocycles. The molecule has 9 heteroatoms. The maximum absolute atomic E-state index is 10.5.